The Morgan fingerprint density at radius 2 is 2.27 bits per heavy atom. The fourth-order valence-corrected chi connectivity index (χ4v) is 2.45. The molecule has 1 N–H and O–H groups in total. The van der Waals surface area contributed by atoms with Gasteiger partial charge >= 0.3 is 0 Å². The molecule has 1 aromatic rings. The summed E-state index contributed by atoms with van der Waals surface area (Å²) in [6.45, 7) is 6.86. The van der Waals surface area contributed by atoms with Crippen LogP contribution in [0.4, 0.5) is 0 Å². The van der Waals surface area contributed by atoms with Gasteiger partial charge in [0, 0.05) is 0 Å². The average Bonchev–Trinajstić information content (AvgIpc) is 2.73. The fourth-order valence-electron chi connectivity index (χ4n) is 2.45. The third kappa shape index (κ3) is 2.60. The van der Waals surface area contributed by atoms with Crippen LogP contribution in [0.5, 0.6) is 0 Å². The van der Waals surface area contributed by atoms with Gasteiger partial charge in [0.15, 0.2) is 0 Å². The van der Waals surface area contributed by atoms with E-state index in [2.05, 4.69) is 37.4 Å². The van der Waals surface area contributed by atoms with Crippen molar-refractivity contribution in [2.45, 2.75) is 33.1 Å². The smallest absolute Gasteiger partial charge is 0.00169 e. The Balaban J connectivity index is 2.07. The van der Waals surface area contributed by atoms with Crippen LogP contribution in [-0.4, -0.2) is 13.1 Å². The van der Waals surface area contributed by atoms with Crippen molar-refractivity contribution < 1.29 is 0 Å². The molecule has 82 valence electrons. The van der Waals surface area contributed by atoms with Crippen LogP contribution in [0, 0.1) is 12.8 Å². The van der Waals surface area contributed by atoms with Crippen molar-refractivity contribution in [3.8, 4) is 0 Å². The number of benzene rings is 1. The molecule has 0 aromatic heterocycles. The Labute approximate surface area is 92.9 Å². The maximum Gasteiger partial charge on any atom is -0.00169 e. The van der Waals surface area contributed by atoms with Crippen molar-refractivity contribution in [2.75, 3.05) is 13.1 Å². The molecule has 0 bridgehead atoms. The van der Waals surface area contributed by atoms with Gasteiger partial charge in [-0.25, -0.2) is 0 Å². The van der Waals surface area contributed by atoms with Crippen molar-refractivity contribution in [3.63, 3.8) is 0 Å². The van der Waals surface area contributed by atoms with Gasteiger partial charge in [-0.2, -0.15) is 0 Å². The lowest BCUT2D eigenvalue weighted by Crippen LogP contribution is -2.10. The van der Waals surface area contributed by atoms with Crippen LogP contribution in [0.3, 0.4) is 0 Å². The van der Waals surface area contributed by atoms with Crippen LogP contribution in [0.1, 0.15) is 30.0 Å². The molecule has 2 rings (SSSR count). The van der Waals surface area contributed by atoms with E-state index in [0.29, 0.717) is 0 Å². The summed E-state index contributed by atoms with van der Waals surface area (Å²) in [5.41, 5.74) is 4.47. The molecular formula is C14H21N. The predicted octanol–water partition coefficient (Wildman–Crippen LogP) is 2.71. The van der Waals surface area contributed by atoms with Gasteiger partial charge in [0.1, 0.15) is 0 Å². The molecule has 1 aliphatic rings. The standard InChI is InChI=1S/C14H21N/c1-3-14-9-12(5-4-11(14)2)8-13-6-7-15-10-13/h4-5,9,13,15H,3,6-8,10H2,1-2H3. The zero-order valence-electron chi connectivity index (χ0n) is 9.84. The molecule has 1 saturated heterocycles. The third-order valence-corrected chi connectivity index (χ3v) is 3.48. The van der Waals surface area contributed by atoms with Gasteiger partial charge in [0.25, 0.3) is 0 Å². The van der Waals surface area contributed by atoms with E-state index in [9.17, 15) is 0 Å². The molecule has 1 heteroatoms. The van der Waals surface area contributed by atoms with Gasteiger partial charge in [-0.1, -0.05) is 25.1 Å². The average molecular weight is 203 g/mol. The maximum atomic E-state index is 3.43. The highest BCUT2D eigenvalue weighted by atomic mass is 14.9. The number of nitrogens with one attached hydrogen (secondary N) is 1. The van der Waals surface area contributed by atoms with Crippen molar-refractivity contribution in [1.29, 1.82) is 0 Å². The third-order valence-electron chi connectivity index (χ3n) is 3.48. The van der Waals surface area contributed by atoms with Gasteiger partial charge in [-0.05, 0) is 61.9 Å². The largest absolute Gasteiger partial charge is 0.316 e. The summed E-state index contributed by atoms with van der Waals surface area (Å²) < 4.78 is 0. The molecule has 1 aliphatic heterocycles. The lowest BCUT2D eigenvalue weighted by molar-refractivity contribution is 0.580. The summed E-state index contributed by atoms with van der Waals surface area (Å²) in [7, 11) is 0. The lowest BCUT2D eigenvalue weighted by Gasteiger charge is -2.11. The van der Waals surface area contributed by atoms with Crippen molar-refractivity contribution in [1.82, 2.24) is 5.32 Å². The summed E-state index contributed by atoms with van der Waals surface area (Å²) >= 11 is 0. The summed E-state index contributed by atoms with van der Waals surface area (Å²) in [6, 6.07) is 6.97. The summed E-state index contributed by atoms with van der Waals surface area (Å²) in [5.74, 6) is 0.859. The van der Waals surface area contributed by atoms with E-state index in [0.717, 1.165) is 12.3 Å². The molecule has 0 spiro atoms. The van der Waals surface area contributed by atoms with Crippen molar-refractivity contribution >= 4 is 0 Å². The number of rotatable bonds is 3. The second-order valence-corrected chi connectivity index (χ2v) is 4.68. The second kappa shape index (κ2) is 4.80. The maximum absolute atomic E-state index is 3.43. The molecule has 1 nitrogen and oxygen atoms in total. The molecule has 0 aliphatic carbocycles. The van der Waals surface area contributed by atoms with Crippen molar-refractivity contribution in [2.24, 2.45) is 5.92 Å². The van der Waals surface area contributed by atoms with Crippen LogP contribution in [0.2, 0.25) is 0 Å². The van der Waals surface area contributed by atoms with E-state index in [1.165, 1.54) is 42.6 Å². The fraction of sp³-hybridized carbons (Fsp3) is 0.571. The van der Waals surface area contributed by atoms with E-state index < -0.39 is 0 Å². The second-order valence-electron chi connectivity index (χ2n) is 4.68. The highest BCUT2D eigenvalue weighted by Gasteiger charge is 2.14. The minimum absolute atomic E-state index is 0.859. The molecule has 0 amide bonds. The Morgan fingerprint density at radius 3 is 2.93 bits per heavy atom. The summed E-state index contributed by atoms with van der Waals surface area (Å²) in [4.78, 5) is 0. The normalized spacial score (nSPS) is 20.8. The van der Waals surface area contributed by atoms with Gasteiger partial charge in [0.2, 0.25) is 0 Å². The van der Waals surface area contributed by atoms with Crippen molar-refractivity contribution in [3.05, 3.63) is 34.9 Å². The minimum atomic E-state index is 0.859. The van der Waals surface area contributed by atoms with Crippen LogP contribution in [-0.2, 0) is 12.8 Å². The first-order valence-corrected chi connectivity index (χ1v) is 6.08. The first-order chi connectivity index (χ1) is 7.29. The van der Waals surface area contributed by atoms with Gasteiger partial charge in [0.05, 0.1) is 0 Å². The van der Waals surface area contributed by atoms with Crippen LogP contribution < -0.4 is 5.32 Å². The summed E-state index contributed by atoms with van der Waals surface area (Å²) in [5, 5.41) is 3.43. The van der Waals surface area contributed by atoms with Gasteiger partial charge in [-0.3, -0.25) is 0 Å². The predicted molar refractivity (Wildman–Crippen MR) is 65.2 cm³/mol. The Bertz CT molecular complexity index is 324. The number of hydrogen-bond donors (Lipinski definition) is 1. The summed E-state index contributed by atoms with van der Waals surface area (Å²) in [6.07, 6.45) is 3.75. The van der Waals surface area contributed by atoms with Crippen LogP contribution in [0.15, 0.2) is 18.2 Å². The molecule has 1 atom stereocenters. The first-order valence-electron chi connectivity index (χ1n) is 6.08. The highest BCUT2D eigenvalue weighted by Crippen LogP contribution is 2.18. The molecule has 1 aromatic carbocycles. The zero-order chi connectivity index (χ0) is 10.7. The Morgan fingerprint density at radius 1 is 1.40 bits per heavy atom. The highest BCUT2D eigenvalue weighted by molar-refractivity contribution is 5.31. The molecule has 1 fully saturated rings. The quantitative estimate of drug-likeness (QED) is 0.796. The molecule has 1 unspecified atom stereocenters. The Hall–Kier alpha value is -0.820. The van der Waals surface area contributed by atoms with E-state index >= 15 is 0 Å². The SMILES string of the molecule is CCc1cc(CC2CCNC2)ccc1C. The van der Waals surface area contributed by atoms with E-state index in [4.69, 9.17) is 0 Å². The van der Waals surface area contributed by atoms with E-state index in [1.54, 1.807) is 0 Å². The number of aryl methyl sites for hydroxylation is 2. The minimum Gasteiger partial charge on any atom is -0.316 e. The van der Waals surface area contributed by atoms with Crippen LogP contribution >= 0.6 is 0 Å². The van der Waals surface area contributed by atoms with E-state index in [-0.39, 0.29) is 0 Å². The molecule has 0 saturated carbocycles. The first kappa shape index (κ1) is 10.7. The molecule has 0 radical (unpaired) electrons. The Kier molecular flexibility index (Phi) is 3.42. The number of hydrogen-bond acceptors (Lipinski definition) is 1. The van der Waals surface area contributed by atoms with Crippen LogP contribution in [0.25, 0.3) is 0 Å². The van der Waals surface area contributed by atoms with Gasteiger partial charge < -0.3 is 5.32 Å². The monoisotopic (exact) mass is 203 g/mol. The molecule has 1 heterocycles. The zero-order valence-corrected chi connectivity index (χ0v) is 9.84. The molecular weight excluding hydrogens is 182 g/mol. The lowest BCUT2D eigenvalue weighted by atomic mass is 9.95. The topological polar surface area (TPSA) is 12.0 Å². The van der Waals surface area contributed by atoms with E-state index in [1.807, 2.05) is 0 Å². The van der Waals surface area contributed by atoms with Gasteiger partial charge in [-0.15, -0.1) is 0 Å². The molecule has 15 heavy (non-hydrogen) atoms.